The molecule has 0 atom stereocenters. The molecule has 0 unspecified atom stereocenters. The predicted octanol–water partition coefficient (Wildman–Crippen LogP) is 4.36. The van der Waals surface area contributed by atoms with Gasteiger partial charge in [-0.05, 0) is 49.6 Å². The molecule has 0 saturated heterocycles. The fraction of sp³-hybridized carbons (Fsp3) is 0.273. The van der Waals surface area contributed by atoms with Gasteiger partial charge in [0.05, 0.1) is 18.2 Å². The van der Waals surface area contributed by atoms with E-state index in [2.05, 4.69) is 4.98 Å². The Morgan fingerprint density at radius 1 is 1.15 bits per heavy atom. The van der Waals surface area contributed by atoms with Crippen molar-refractivity contribution in [2.24, 2.45) is 0 Å². The number of benzene rings is 2. The van der Waals surface area contributed by atoms with Crippen LogP contribution >= 0.6 is 0 Å². The number of nitrogens with zero attached hydrogens (tertiary/aromatic N) is 2. The van der Waals surface area contributed by atoms with Crippen LogP contribution in [0.5, 0.6) is 5.75 Å². The van der Waals surface area contributed by atoms with E-state index in [9.17, 15) is 4.79 Å². The maximum atomic E-state index is 13.4. The molecule has 1 heterocycles. The zero-order valence-corrected chi connectivity index (χ0v) is 15.1. The second kappa shape index (κ2) is 6.79. The van der Waals surface area contributed by atoms with Gasteiger partial charge in [-0.2, -0.15) is 0 Å². The number of carbonyl (C=O) groups is 1. The van der Waals surface area contributed by atoms with Crippen LogP contribution in [-0.2, 0) is 6.54 Å². The van der Waals surface area contributed by atoms with Crippen LogP contribution in [0, 0.1) is 6.92 Å². The van der Waals surface area contributed by atoms with E-state index in [4.69, 9.17) is 4.74 Å². The first kappa shape index (κ1) is 16.6. The summed E-state index contributed by atoms with van der Waals surface area (Å²) in [5.41, 5.74) is 3.60. The van der Waals surface area contributed by atoms with Gasteiger partial charge in [0.25, 0.3) is 5.91 Å². The molecule has 1 fully saturated rings. The number of hydrogen-bond acceptors (Lipinski definition) is 3. The van der Waals surface area contributed by atoms with E-state index < -0.39 is 0 Å². The highest BCUT2D eigenvalue weighted by molar-refractivity contribution is 6.06. The van der Waals surface area contributed by atoms with Gasteiger partial charge in [-0.15, -0.1) is 0 Å². The number of aromatic nitrogens is 1. The van der Waals surface area contributed by atoms with Crippen molar-refractivity contribution in [3.8, 4) is 5.75 Å². The fourth-order valence-electron chi connectivity index (χ4n) is 3.32. The Labute approximate surface area is 153 Å². The molecule has 4 rings (SSSR count). The number of para-hydroxylation sites is 1. The lowest BCUT2D eigenvalue weighted by Gasteiger charge is -2.23. The molecule has 0 radical (unpaired) electrons. The average molecular weight is 346 g/mol. The maximum absolute atomic E-state index is 13.4. The number of amides is 1. The highest BCUT2D eigenvalue weighted by Gasteiger charge is 2.33. The minimum atomic E-state index is 0.0880. The van der Waals surface area contributed by atoms with Crippen LogP contribution in [0.3, 0.4) is 0 Å². The molecule has 4 nitrogen and oxygen atoms in total. The van der Waals surface area contributed by atoms with Crippen molar-refractivity contribution >= 4 is 16.8 Å². The minimum Gasteiger partial charge on any atom is -0.497 e. The summed E-state index contributed by atoms with van der Waals surface area (Å²) in [6.07, 6.45) is 2.15. The first-order chi connectivity index (χ1) is 12.7. The summed E-state index contributed by atoms with van der Waals surface area (Å²) < 4.78 is 5.22. The Hall–Kier alpha value is -2.88. The molecule has 1 aliphatic rings. The molecule has 1 saturated carbocycles. The van der Waals surface area contributed by atoms with Crippen LogP contribution in [0.4, 0.5) is 0 Å². The number of methoxy groups -OCH3 is 1. The van der Waals surface area contributed by atoms with Gasteiger partial charge in [-0.25, -0.2) is 0 Å². The second-order valence-corrected chi connectivity index (χ2v) is 6.84. The predicted molar refractivity (Wildman–Crippen MR) is 102 cm³/mol. The van der Waals surface area contributed by atoms with Crippen molar-refractivity contribution in [2.75, 3.05) is 7.11 Å². The van der Waals surface area contributed by atoms with Crippen LogP contribution in [-0.4, -0.2) is 28.9 Å². The molecule has 0 N–H and O–H groups in total. The smallest absolute Gasteiger partial charge is 0.255 e. The van der Waals surface area contributed by atoms with Gasteiger partial charge in [0.15, 0.2) is 0 Å². The Bertz CT molecular complexity index is 946. The van der Waals surface area contributed by atoms with E-state index in [1.165, 1.54) is 0 Å². The van der Waals surface area contributed by atoms with Gasteiger partial charge >= 0.3 is 0 Å². The van der Waals surface area contributed by atoms with E-state index in [-0.39, 0.29) is 5.91 Å². The molecule has 1 aliphatic carbocycles. The molecular weight excluding hydrogens is 324 g/mol. The molecule has 4 heteroatoms. The number of aryl methyl sites for hydroxylation is 1. The van der Waals surface area contributed by atoms with Crippen molar-refractivity contribution in [3.63, 3.8) is 0 Å². The van der Waals surface area contributed by atoms with Crippen LogP contribution in [0.25, 0.3) is 10.9 Å². The molecule has 1 amide bonds. The summed E-state index contributed by atoms with van der Waals surface area (Å²) >= 11 is 0. The molecule has 0 aliphatic heterocycles. The van der Waals surface area contributed by atoms with Crippen LogP contribution in [0.2, 0.25) is 0 Å². The number of carbonyl (C=O) groups excluding carboxylic acids is 1. The lowest BCUT2D eigenvalue weighted by Crippen LogP contribution is -2.32. The van der Waals surface area contributed by atoms with E-state index in [0.717, 1.165) is 46.3 Å². The SMILES string of the molecule is COc1ccc(CN(C(=O)c2cc(C)nc3ccccc23)C2CC2)cc1. The molecule has 0 spiro atoms. The lowest BCUT2D eigenvalue weighted by atomic mass is 10.1. The van der Waals surface area contributed by atoms with Gasteiger partial charge in [-0.1, -0.05) is 30.3 Å². The molecule has 26 heavy (non-hydrogen) atoms. The number of ether oxygens (including phenoxy) is 1. The highest BCUT2D eigenvalue weighted by Crippen LogP contribution is 2.31. The molecule has 0 bridgehead atoms. The van der Waals surface area contributed by atoms with Crippen molar-refractivity contribution < 1.29 is 9.53 Å². The third kappa shape index (κ3) is 3.27. The topological polar surface area (TPSA) is 42.4 Å². The Morgan fingerprint density at radius 3 is 2.58 bits per heavy atom. The summed E-state index contributed by atoms with van der Waals surface area (Å²) in [7, 11) is 1.66. The van der Waals surface area contributed by atoms with Gasteiger partial charge < -0.3 is 9.64 Å². The van der Waals surface area contributed by atoms with E-state index in [1.54, 1.807) is 7.11 Å². The standard InChI is InChI=1S/C22H22N2O2/c1-15-13-20(19-5-3-4-6-21(19)23-15)22(25)24(17-9-10-17)14-16-7-11-18(26-2)12-8-16/h3-8,11-13,17H,9-10,14H2,1-2H3. The normalized spacial score (nSPS) is 13.6. The lowest BCUT2D eigenvalue weighted by molar-refractivity contribution is 0.0732. The third-order valence-electron chi connectivity index (χ3n) is 4.84. The number of pyridine rings is 1. The molecule has 1 aromatic heterocycles. The van der Waals surface area contributed by atoms with Crippen molar-refractivity contribution in [1.82, 2.24) is 9.88 Å². The Kier molecular flexibility index (Phi) is 4.33. The molecular formula is C22H22N2O2. The Morgan fingerprint density at radius 2 is 1.88 bits per heavy atom. The first-order valence-electron chi connectivity index (χ1n) is 8.96. The average Bonchev–Trinajstić information content (AvgIpc) is 3.50. The van der Waals surface area contributed by atoms with Crippen LogP contribution in [0.1, 0.15) is 34.5 Å². The van der Waals surface area contributed by atoms with E-state index in [0.29, 0.717) is 12.6 Å². The first-order valence-corrected chi connectivity index (χ1v) is 8.96. The monoisotopic (exact) mass is 346 g/mol. The van der Waals surface area contributed by atoms with Crippen molar-refractivity contribution in [1.29, 1.82) is 0 Å². The number of fused-ring (bicyclic) bond motifs is 1. The minimum absolute atomic E-state index is 0.0880. The summed E-state index contributed by atoms with van der Waals surface area (Å²) in [6, 6.07) is 18.0. The van der Waals surface area contributed by atoms with E-state index >= 15 is 0 Å². The van der Waals surface area contributed by atoms with Gasteiger partial charge in [0.1, 0.15) is 5.75 Å². The van der Waals surface area contributed by atoms with Gasteiger partial charge in [0, 0.05) is 23.7 Å². The van der Waals surface area contributed by atoms with Crippen molar-refractivity contribution in [3.05, 3.63) is 71.4 Å². The van der Waals surface area contributed by atoms with Gasteiger partial charge in [0.2, 0.25) is 0 Å². The van der Waals surface area contributed by atoms with Crippen LogP contribution in [0.15, 0.2) is 54.6 Å². The summed E-state index contributed by atoms with van der Waals surface area (Å²) in [4.78, 5) is 20.0. The van der Waals surface area contributed by atoms with Gasteiger partial charge in [-0.3, -0.25) is 9.78 Å². The van der Waals surface area contributed by atoms with E-state index in [1.807, 2.05) is 66.4 Å². The third-order valence-corrected chi connectivity index (χ3v) is 4.84. The zero-order chi connectivity index (χ0) is 18.1. The number of rotatable bonds is 5. The quantitative estimate of drug-likeness (QED) is 0.689. The summed E-state index contributed by atoms with van der Waals surface area (Å²) in [6.45, 7) is 2.55. The summed E-state index contributed by atoms with van der Waals surface area (Å²) in [5, 5.41) is 0.920. The van der Waals surface area contributed by atoms with Crippen molar-refractivity contribution in [2.45, 2.75) is 32.4 Å². The highest BCUT2D eigenvalue weighted by atomic mass is 16.5. The second-order valence-electron chi connectivity index (χ2n) is 6.84. The number of hydrogen-bond donors (Lipinski definition) is 0. The van der Waals surface area contributed by atoms with Crippen LogP contribution < -0.4 is 4.74 Å². The molecule has 132 valence electrons. The fourth-order valence-corrected chi connectivity index (χ4v) is 3.32. The molecule has 2 aromatic carbocycles. The zero-order valence-electron chi connectivity index (χ0n) is 15.1. The molecule has 3 aromatic rings. The summed E-state index contributed by atoms with van der Waals surface area (Å²) in [5.74, 6) is 0.916. The maximum Gasteiger partial charge on any atom is 0.255 e. The largest absolute Gasteiger partial charge is 0.497 e. The Balaban J connectivity index is 1.68.